The lowest BCUT2D eigenvalue weighted by molar-refractivity contribution is 0.0238. The maximum Gasteiger partial charge on any atom is 0.338 e. The van der Waals surface area contributed by atoms with Crippen LogP contribution in [0.2, 0.25) is 0 Å². The molecule has 0 bridgehead atoms. The van der Waals surface area contributed by atoms with Gasteiger partial charge in [-0.25, -0.2) is 18.6 Å². The predicted octanol–water partition coefficient (Wildman–Crippen LogP) is 6.01. The summed E-state index contributed by atoms with van der Waals surface area (Å²) in [6.45, 7) is 11.0. The molecule has 1 aliphatic rings. The van der Waals surface area contributed by atoms with Crippen LogP contribution in [0.4, 0.5) is 8.78 Å². The number of hydrogen-bond donors (Lipinski definition) is 2. The van der Waals surface area contributed by atoms with E-state index in [1.54, 1.807) is 17.0 Å². The first-order valence-corrected chi connectivity index (χ1v) is 16.4. The van der Waals surface area contributed by atoms with E-state index in [1.165, 1.54) is 23.8 Å². The second-order valence-corrected chi connectivity index (χ2v) is 12.2. The van der Waals surface area contributed by atoms with Gasteiger partial charge < -0.3 is 25.4 Å². The van der Waals surface area contributed by atoms with Crippen LogP contribution in [0.1, 0.15) is 89.4 Å². The molecule has 3 aromatic carbocycles. The fourth-order valence-corrected chi connectivity index (χ4v) is 5.58. The van der Waals surface area contributed by atoms with Gasteiger partial charge in [0.25, 0.3) is 5.91 Å². The molecule has 10 heteroatoms. The fourth-order valence-electron chi connectivity index (χ4n) is 5.58. The van der Waals surface area contributed by atoms with Crippen molar-refractivity contribution in [2.45, 2.75) is 71.6 Å². The molecule has 0 saturated heterocycles. The van der Waals surface area contributed by atoms with Gasteiger partial charge in [0.2, 0.25) is 5.90 Å². The monoisotopic (exact) mass is 648 g/mol. The third-order valence-corrected chi connectivity index (χ3v) is 7.94. The smallest absolute Gasteiger partial charge is 0.338 e. The second-order valence-electron chi connectivity index (χ2n) is 12.2. The van der Waals surface area contributed by atoms with Gasteiger partial charge in [-0.3, -0.25) is 4.79 Å². The molecule has 1 heterocycles. The summed E-state index contributed by atoms with van der Waals surface area (Å²) in [5.74, 6) is -1.59. The van der Waals surface area contributed by atoms with E-state index in [2.05, 4.69) is 36.3 Å². The third-order valence-electron chi connectivity index (χ3n) is 7.94. The van der Waals surface area contributed by atoms with Crippen molar-refractivity contribution in [1.82, 2.24) is 10.2 Å². The molecule has 3 N–H and O–H groups in total. The number of benzene rings is 3. The molecule has 252 valence electrons. The Morgan fingerprint density at radius 1 is 0.979 bits per heavy atom. The Kier molecular flexibility index (Phi) is 13.0. The molecule has 47 heavy (non-hydrogen) atoms. The fraction of sp³-hybridized carbons (Fsp3) is 0.432. The van der Waals surface area contributed by atoms with E-state index < -0.39 is 29.7 Å². The van der Waals surface area contributed by atoms with E-state index >= 15 is 0 Å². The second kappa shape index (κ2) is 17.1. The normalized spacial score (nSPS) is 14.0. The van der Waals surface area contributed by atoms with Crippen LogP contribution >= 0.6 is 0 Å². The summed E-state index contributed by atoms with van der Waals surface area (Å²) in [5, 5.41) is 3.34. The number of amides is 1. The Balaban J connectivity index is 1.60. The number of halogens is 2. The first kappa shape index (κ1) is 35.7. The summed E-state index contributed by atoms with van der Waals surface area (Å²) in [6, 6.07) is 15.4. The van der Waals surface area contributed by atoms with E-state index in [0.29, 0.717) is 61.3 Å². The number of aliphatic imine (C=N–C) groups is 1. The molecule has 0 aromatic heterocycles. The van der Waals surface area contributed by atoms with E-state index in [9.17, 15) is 18.4 Å². The Labute approximate surface area is 276 Å². The highest BCUT2D eigenvalue weighted by atomic mass is 19.1. The van der Waals surface area contributed by atoms with Crippen LogP contribution in [0.15, 0.2) is 65.7 Å². The molecule has 0 spiro atoms. The van der Waals surface area contributed by atoms with Crippen molar-refractivity contribution in [1.29, 1.82) is 0 Å². The number of nitrogens with zero attached hydrogens (tertiary/aromatic N) is 2. The quantitative estimate of drug-likeness (QED) is 0.184. The molecule has 1 amide bonds. The van der Waals surface area contributed by atoms with Gasteiger partial charge >= 0.3 is 5.97 Å². The molecule has 2 atom stereocenters. The third kappa shape index (κ3) is 10.2. The van der Waals surface area contributed by atoms with Crippen LogP contribution in [0, 0.1) is 11.6 Å². The number of hydrogen-bond acceptors (Lipinski definition) is 7. The highest BCUT2D eigenvalue weighted by Gasteiger charge is 2.26. The maximum absolute atomic E-state index is 14.0. The average Bonchev–Trinajstić information content (AvgIpc) is 3.59. The predicted molar refractivity (Wildman–Crippen MR) is 180 cm³/mol. The molecular formula is C37H46F2N4O4. The summed E-state index contributed by atoms with van der Waals surface area (Å²) in [7, 11) is 0. The summed E-state index contributed by atoms with van der Waals surface area (Å²) >= 11 is 0. The Morgan fingerprint density at radius 2 is 1.68 bits per heavy atom. The standard InChI is InChI=1S/C37H46F2N4O4/c1-5-11-43(12-6-2)36(44)29-18-28(35-42-10-13-46-35)19-30(20-29)37(45)47-34(33(40)17-26-15-31(38)21-32(39)16-26)23-41-22-25-8-7-9-27(14-25)24(3)4/h7-9,14-16,18-21,24,33-34,41H,5-6,10-13,17,22-23,40H2,1-4H3/t33-,34+/m0/s1. The molecule has 3 aromatic rings. The van der Waals surface area contributed by atoms with Crippen molar-refractivity contribution < 1.29 is 27.8 Å². The van der Waals surface area contributed by atoms with Crippen LogP contribution < -0.4 is 11.1 Å². The minimum absolute atomic E-state index is 0.0640. The summed E-state index contributed by atoms with van der Waals surface area (Å²) in [5.41, 5.74) is 10.2. The molecule has 0 unspecified atom stereocenters. The van der Waals surface area contributed by atoms with Crippen molar-refractivity contribution in [3.05, 3.63) is 106 Å². The molecule has 0 fully saturated rings. The van der Waals surface area contributed by atoms with Crippen LogP contribution in [-0.4, -0.2) is 67.6 Å². The molecule has 8 nitrogen and oxygen atoms in total. The molecule has 0 radical (unpaired) electrons. The number of ether oxygens (including phenoxy) is 2. The van der Waals surface area contributed by atoms with Gasteiger partial charge in [-0.05, 0) is 72.2 Å². The van der Waals surface area contributed by atoms with Crippen LogP contribution in [0.5, 0.6) is 0 Å². The van der Waals surface area contributed by atoms with E-state index in [-0.39, 0.29) is 24.4 Å². The lowest BCUT2D eigenvalue weighted by Gasteiger charge is -2.25. The van der Waals surface area contributed by atoms with Gasteiger partial charge in [0.15, 0.2) is 0 Å². The molecule has 0 saturated carbocycles. The SMILES string of the molecule is CCCN(CCC)C(=O)c1cc(C(=O)O[C@H](CNCc2cccc(C(C)C)c2)[C@@H](N)Cc2cc(F)cc(F)c2)cc(C2=NCCO2)c1. The van der Waals surface area contributed by atoms with Gasteiger partial charge in [0, 0.05) is 49.4 Å². The number of nitrogens with one attached hydrogen (secondary N) is 1. The topological polar surface area (TPSA) is 106 Å². The van der Waals surface area contributed by atoms with Gasteiger partial charge in [-0.15, -0.1) is 0 Å². The molecule has 1 aliphatic heterocycles. The number of carbonyl (C=O) groups is 2. The van der Waals surface area contributed by atoms with Crippen molar-refractivity contribution in [3.8, 4) is 0 Å². The number of esters is 1. The Hall–Kier alpha value is -4.15. The van der Waals surface area contributed by atoms with Crippen molar-refractivity contribution >= 4 is 17.8 Å². The zero-order valence-electron chi connectivity index (χ0n) is 27.7. The van der Waals surface area contributed by atoms with Crippen LogP contribution in [-0.2, 0) is 22.4 Å². The molecular weight excluding hydrogens is 602 g/mol. The number of carbonyl (C=O) groups excluding carboxylic acids is 2. The van der Waals surface area contributed by atoms with Crippen LogP contribution in [0.3, 0.4) is 0 Å². The first-order valence-electron chi connectivity index (χ1n) is 16.4. The Bertz CT molecular complexity index is 1530. The van der Waals surface area contributed by atoms with Gasteiger partial charge in [-0.2, -0.15) is 0 Å². The Morgan fingerprint density at radius 3 is 2.32 bits per heavy atom. The summed E-state index contributed by atoms with van der Waals surface area (Å²) in [4.78, 5) is 33.6. The van der Waals surface area contributed by atoms with Crippen molar-refractivity contribution in [3.63, 3.8) is 0 Å². The molecule has 0 aliphatic carbocycles. The summed E-state index contributed by atoms with van der Waals surface area (Å²) in [6.07, 6.45) is 0.773. The lowest BCUT2D eigenvalue weighted by atomic mass is 10.00. The van der Waals surface area contributed by atoms with Crippen molar-refractivity contribution in [2.24, 2.45) is 10.7 Å². The van der Waals surface area contributed by atoms with Crippen molar-refractivity contribution in [2.75, 3.05) is 32.8 Å². The minimum atomic E-state index is -0.873. The maximum atomic E-state index is 14.0. The first-order chi connectivity index (χ1) is 22.6. The average molecular weight is 649 g/mol. The zero-order valence-corrected chi connectivity index (χ0v) is 27.7. The van der Waals surface area contributed by atoms with Gasteiger partial charge in [0.1, 0.15) is 24.3 Å². The van der Waals surface area contributed by atoms with E-state index in [4.69, 9.17) is 15.2 Å². The largest absolute Gasteiger partial charge is 0.476 e. The molecule has 4 rings (SSSR count). The highest BCUT2D eigenvalue weighted by molar-refractivity contribution is 6.03. The number of nitrogens with two attached hydrogens (primary N) is 1. The number of rotatable bonds is 16. The van der Waals surface area contributed by atoms with Gasteiger partial charge in [0.05, 0.1) is 12.1 Å². The zero-order chi connectivity index (χ0) is 33.9. The van der Waals surface area contributed by atoms with E-state index in [0.717, 1.165) is 24.5 Å². The van der Waals surface area contributed by atoms with Crippen LogP contribution in [0.25, 0.3) is 0 Å². The minimum Gasteiger partial charge on any atom is -0.476 e. The lowest BCUT2D eigenvalue weighted by Crippen LogP contribution is -2.46. The summed E-state index contributed by atoms with van der Waals surface area (Å²) < 4.78 is 39.7. The highest BCUT2D eigenvalue weighted by Crippen LogP contribution is 2.20. The van der Waals surface area contributed by atoms with Gasteiger partial charge in [-0.1, -0.05) is 52.0 Å². The van der Waals surface area contributed by atoms with E-state index in [1.807, 2.05) is 26.0 Å².